The van der Waals surface area contributed by atoms with Crippen LogP contribution in [0.25, 0.3) is 11.3 Å². The van der Waals surface area contributed by atoms with Gasteiger partial charge >= 0.3 is 0 Å². The van der Waals surface area contributed by atoms with Gasteiger partial charge in [0.25, 0.3) is 6.43 Å². The molecule has 0 spiro atoms. The van der Waals surface area contributed by atoms with Gasteiger partial charge in [-0.3, -0.25) is 4.98 Å². The maximum absolute atomic E-state index is 12.7. The Kier molecular flexibility index (Phi) is 5.46. The van der Waals surface area contributed by atoms with Crippen molar-refractivity contribution < 1.29 is 8.78 Å². The lowest BCUT2D eigenvalue weighted by molar-refractivity contribution is 0.152. The minimum Gasteiger partial charge on any atom is -0.361 e. The number of aromatic nitrogens is 2. The standard InChI is InChI=1S/C11H8ClF2N.C5H5N/c12-7-3-4-8(11(13)14)9(6-7)10-2-1-5-15-10;1-2-4-6-5-3-1/h1-6,11,15H;1-5H. The molecule has 0 saturated heterocycles. The molecule has 0 radical (unpaired) electrons. The molecule has 0 unspecified atom stereocenters. The minimum atomic E-state index is -2.50. The maximum Gasteiger partial charge on any atom is 0.264 e. The van der Waals surface area contributed by atoms with Crippen molar-refractivity contribution in [1.29, 1.82) is 0 Å². The Morgan fingerprint density at radius 3 is 2.24 bits per heavy atom. The summed E-state index contributed by atoms with van der Waals surface area (Å²) in [6, 6.07) is 13.6. The van der Waals surface area contributed by atoms with E-state index in [-0.39, 0.29) is 5.56 Å². The summed E-state index contributed by atoms with van der Waals surface area (Å²) in [5, 5.41) is 0.448. The zero-order chi connectivity index (χ0) is 15.1. The van der Waals surface area contributed by atoms with Crippen LogP contribution in [0.4, 0.5) is 8.78 Å². The molecule has 0 atom stereocenters. The van der Waals surface area contributed by atoms with Crippen molar-refractivity contribution in [1.82, 2.24) is 9.97 Å². The van der Waals surface area contributed by atoms with Crippen LogP contribution in [0, 0.1) is 0 Å². The summed E-state index contributed by atoms with van der Waals surface area (Å²) in [5.74, 6) is 0. The smallest absolute Gasteiger partial charge is 0.264 e. The molecule has 0 bridgehead atoms. The number of pyridine rings is 1. The highest BCUT2D eigenvalue weighted by molar-refractivity contribution is 6.30. The van der Waals surface area contributed by atoms with E-state index in [0.717, 1.165) is 0 Å². The van der Waals surface area contributed by atoms with Gasteiger partial charge in [0.2, 0.25) is 0 Å². The Morgan fingerprint density at radius 1 is 1.00 bits per heavy atom. The van der Waals surface area contributed by atoms with Crippen LogP contribution < -0.4 is 0 Å². The molecular weight excluding hydrogens is 294 g/mol. The van der Waals surface area contributed by atoms with E-state index in [1.807, 2.05) is 18.2 Å². The number of benzene rings is 1. The average Bonchev–Trinajstić information content (AvgIpc) is 3.03. The number of hydrogen-bond donors (Lipinski definition) is 1. The van der Waals surface area contributed by atoms with Gasteiger partial charge in [0.15, 0.2) is 0 Å². The third kappa shape index (κ3) is 4.39. The van der Waals surface area contributed by atoms with Crippen LogP contribution in [0.3, 0.4) is 0 Å². The van der Waals surface area contributed by atoms with Crippen molar-refractivity contribution in [3.8, 4) is 11.3 Å². The van der Waals surface area contributed by atoms with Gasteiger partial charge in [0, 0.05) is 40.4 Å². The lowest BCUT2D eigenvalue weighted by Crippen LogP contribution is -1.90. The highest BCUT2D eigenvalue weighted by Gasteiger charge is 2.14. The molecule has 5 heteroatoms. The van der Waals surface area contributed by atoms with E-state index in [9.17, 15) is 8.78 Å². The predicted molar refractivity (Wildman–Crippen MR) is 80.4 cm³/mol. The molecule has 1 aromatic carbocycles. The molecule has 2 aromatic heterocycles. The predicted octanol–water partition coefficient (Wildman–Crippen LogP) is 5.35. The van der Waals surface area contributed by atoms with E-state index in [2.05, 4.69) is 9.97 Å². The van der Waals surface area contributed by atoms with E-state index < -0.39 is 6.43 Å². The third-order valence-electron chi connectivity index (χ3n) is 2.71. The van der Waals surface area contributed by atoms with Gasteiger partial charge in [-0.2, -0.15) is 0 Å². The van der Waals surface area contributed by atoms with Crippen LogP contribution in [0.2, 0.25) is 5.02 Å². The first-order valence-corrected chi connectivity index (χ1v) is 6.62. The zero-order valence-corrected chi connectivity index (χ0v) is 11.8. The molecule has 0 amide bonds. The summed E-state index contributed by atoms with van der Waals surface area (Å²) >= 11 is 5.78. The van der Waals surface area contributed by atoms with Crippen molar-refractivity contribution in [2.45, 2.75) is 6.43 Å². The van der Waals surface area contributed by atoms with Gasteiger partial charge in [0.1, 0.15) is 0 Å². The second-order valence-electron chi connectivity index (χ2n) is 4.14. The monoisotopic (exact) mass is 306 g/mol. The van der Waals surface area contributed by atoms with Gasteiger partial charge < -0.3 is 4.98 Å². The van der Waals surface area contributed by atoms with Crippen LogP contribution in [0.5, 0.6) is 0 Å². The van der Waals surface area contributed by atoms with Gasteiger partial charge in [-0.15, -0.1) is 0 Å². The molecule has 0 saturated carbocycles. The molecule has 0 aliphatic carbocycles. The van der Waals surface area contributed by atoms with E-state index in [0.29, 0.717) is 16.3 Å². The maximum atomic E-state index is 12.7. The van der Waals surface area contributed by atoms with Crippen LogP contribution in [-0.4, -0.2) is 9.97 Å². The van der Waals surface area contributed by atoms with Crippen molar-refractivity contribution in [3.63, 3.8) is 0 Å². The summed E-state index contributed by atoms with van der Waals surface area (Å²) in [6.07, 6.45) is 2.69. The molecule has 0 aliphatic rings. The second kappa shape index (κ2) is 7.55. The van der Waals surface area contributed by atoms with E-state index in [1.165, 1.54) is 18.2 Å². The Bertz CT molecular complexity index is 629. The first-order chi connectivity index (χ1) is 10.2. The highest BCUT2D eigenvalue weighted by Crippen LogP contribution is 2.32. The molecule has 2 heterocycles. The highest BCUT2D eigenvalue weighted by atomic mass is 35.5. The molecule has 0 fully saturated rings. The third-order valence-corrected chi connectivity index (χ3v) is 2.94. The van der Waals surface area contributed by atoms with Crippen molar-refractivity contribution in [3.05, 3.63) is 77.7 Å². The number of nitrogens with one attached hydrogen (secondary N) is 1. The van der Waals surface area contributed by atoms with Crippen LogP contribution >= 0.6 is 11.6 Å². The van der Waals surface area contributed by atoms with Crippen molar-refractivity contribution >= 4 is 11.6 Å². The van der Waals surface area contributed by atoms with E-state index in [4.69, 9.17) is 11.6 Å². The lowest BCUT2D eigenvalue weighted by Gasteiger charge is -2.07. The molecule has 3 aromatic rings. The number of H-pyrrole nitrogens is 1. The number of nitrogens with zero attached hydrogens (tertiary/aromatic N) is 1. The van der Waals surface area contributed by atoms with Gasteiger partial charge in [-0.25, -0.2) is 8.78 Å². The van der Waals surface area contributed by atoms with Gasteiger partial charge in [-0.1, -0.05) is 23.7 Å². The molecule has 108 valence electrons. The van der Waals surface area contributed by atoms with Gasteiger partial charge in [-0.05, 0) is 36.4 Å². The first kappa shape index (κ1) is 15.2. The number of halogens is 3. The molecule has 21 heavy (non-hydrogen) atoms. The number of rotatable bonds is 2. The molecule has 0 aliphatic heterocycles. The van der Waals surface area contributed by atoms with Crippen LogP contribution in [0.15, 0.2) is 67.1 Å². The Morgan fingerprint density at radius 2 is 1.76 bits per heavy atom. The fourth-order valence-corrected chi connectivity index (χ4v) is 1.93. The fourth-order valence-electron chi connectivity index (χ4n) is 1.76. The van der Waals surface area contributed by atoms with E-state index >= 15 is 0 Å². The van der Waals surface area contributed by atoms with Crippen LogP contribution in [0.1, 0.15) is 12.0 Å². The van der Waals surface area contributed by atoms with E-state index in [1.54, 1.807) is 30.7 Å². The second-order valence-corrected chi connectivity index (χ2v) is 4.58. The summed E-state index contributed by atoms with van der Waals surface area (Å²) in [7, 11) is 0. The molecule has 1 N–H and O–H groups in total. The minimum absolute atomic E-state index is 0.0122. The van der Waals surface area contributed by atoms with Crippen molar-refractivity contribution in [2.75, 3.05) is 0 Å². The molecule has 2 nitrogen and oxygen atoms in total. The zero-order valence-electron chi connectivity index (χ0n) is 11.0. The summed E-state index contributed by atoms with van der Waals surface area (Å²) in [6.45, 7) is 0. The van der Waals surface area contributed by atoms with Crippen LogP contribution in [-0.2, 0) is 0 Å². The Labute approximate surface area is 126 Å². The average molecular weight is 307 g/mol. The number of alkyl halides is 2. The topological polar surface area (TPSA) is 28.7 Å². The number of aromatic amines is 1. The normalized spacial score (nSPS) is 10.1. The summed E-state index contributed by atoms with van der Waals surface area (Å²) in [4.78, 5) is 6.67. The van der Waals surface area contributed by atoms with Crippen molar-refractivity contribution in [2.24, 2.45) is 0 Å². The SMILES string of the molecule is FC(F)c1ccc(Cl)cc1-c1ccc[nH]1.c1ccncc1. The summed E-state index contributed by atoms with van der Waals surface area (Å²) < 4.78 is 25.4. The largest absolute Gasteiger partial charge is 0.361 e. The van der Waals surface area contributed by atoms with Gasteiger partial charge in [0.05, 0.1) is 0 Å². The Balaban J connectivity index is 0.000000225. The number of hydrogen-bond acceptors (Lipinski definition) is 1. The lowest BCUT2D eigenvalue weighted by atomic mass is 10.1. The molecular formula is C16H13ClF2N2. The first-order valence-electron chi connectivity index (χ1n) is 6.25. The Hall–Kier alpha value is -2.20. The summed E-state index contributed by atoms with van der Waals surface area (Å²) in [5.41, 5.74) is 1.08. The molecule has 3 rings (SSSR count). The quantitative estimate of drug-likeness (QED) is 0.679. The fraction of sp³-hybridized carbons (Fsp3) is 0.0625.